The fourth-order valence-corrected chi connectivity index (χ4v) is 4.29. The van der Waals surface area contributed by atoms with Gasteiger partial charge in [0, 0.05) is 37.2 Å². The summed E-state index contributed by atoms with van der Waals surface area (Å²) in [5.74, 6) is 3.08. The Hall–Kier alpha value is -0.470. The van der Waals surface area contributed by atoms with Crippen molar-refractivity contribution in [1.82, 2.24) is 9.80 Å². The quantitative estimate of drug-likeness (QED) is 0.426. The number of aliphatic imine (C=N–C) groups is 1. The highest BCUT2D eigenvalue weighted by molar-refractivity contribution is 14.0. The van der Waals surface area contributed by atoms with E-state index in [-0.39, 0.29) is 24.0 Å². The Morgan fingerprint density at radius 1 is 1.12 bits per heavy atom. The molecule has 134 valence electrons. The molecule has 6 heteroatoms. The lowest BCUT2D eigenvalue weighted by Gasteiger charge is -2.35. The smallest absolute Gasteiger partial charge is 0.191 e. The molecule has 2 aliphatic heterocycles. The minimum absolute atomic E-state index is 0. The fourth-order valence-electron chi connectivity index (χ4n) is 3.38. The lowest BCUT2D eigenvalue weighted by Crippen LogP contribution is -2.45. The van der Waals surface area contributed by atoms with Crippen LogP contribution in [-0.2, 0) is 6.54 Å². The fraction of sp³-hybridized carbons (Fsp3) is 0.611. The van der Waals surface area contributed by atoms with Gasteiger partial charge in [-0.2, -0.15) is 11.8 Å². The number of nitrogens with two attached hydrogens (primary N) is 1. The summed E-state index contributed by atoms with van der Waals surface area (Å²) in [7, 11) is 0. The van der Waals surface area contributed by atoms with Crippen molar-refractivity contribution in [2.24, 2.45) is 10.7 Å². The number of piperidine rings is 1. The number of hydrogen-bond acceptors (Lipinski definition) is 3. The van der Waals surface area contributed by atoms with Crippen molar-refractivity contribution in [3.63, 3.8) is 0 Å². The summed E-state index contributed by atoms with van der Waals surface area (Å²) in [6.07, 6.45) is 3.84. The summed E-state index contributed by atoms with van der Waals surface area (Å²) < 4.78 is 0. The van der Waals surface area contributed by atoms with Gasteiger partial charge < -0.3 is 10.6 Å². The van der Waals surface area contributed by atoms with Gasteiger partial charge in [-0.05, 0) is 24.9 Å². The maximum atomic E-state index is 6.21. The first-order valence-electron chi connectivity index (χ1n) is 8.73. The van der Waals surface area contributed by atoms with E-state index >= 15 is 0 Å². The van der Waals surface area contributed by atoms with Crippen LogP contribution in [0, 0.1) is 0 Å². The van der Waals surface area contributed by atoms with Gasteiger partial charge in [-0.3, -0.25) is 9.89 Å². The normalized spacial score (nSPS) is 22.9. The first kappa shape index (κ1) is 19.8. The summed E-state index contributed by atoms with van der Waals surface area (Å²) in [5.41, 5.74) is 7.60. The van der Waals surface area contributed by atoms with Gasteiger partial charge in [-0.1, -0.05) is 36.8 Å². The van der Waals surface area contributed by atoms with Crippen LogP contribution in [0.2, 0.25) is 0 Å². The van der Waals surface area contributed by atoms with Crippen LogP contribution in [0.4, 0.5) is 0 Å². The van der Waals surface area contributed by atoms with Crippen LogP contribution in [0.3, 0.4) is 0 Å². The van der Waals surface area contributed by atoms with Gasteiger partial charge in [0.1, 0.15) is 0 Å². The minimum atomic E-state index is 0. The van der Waals surface area contributed by atoms with Gasteiger partial charge in [0.05, 0.1) is 6.54 Å². The number of rotatable bonds is 4. The molecule has 0 aromatic heterocycles. The Kier molecular flexibility index (Phi) is 8.69. The van der Waals surface area contributed by atoms with Crippen LogP contribution < -0.4 is 5.73 Å². The molecular formula is C18H29IN4S. The number of thioether (sulfide) groups is 1. The molecule has 4 nitrogen and oxygen atoms in total. The molecule has 2 saturated heterocycles. The minimum Gasteiger partial charge on any atom is -0.370 e. The third-order valence-electron chi connectivity index (χ3n) is 4.78. The molecule has 1 unspecified atom stereocenters. The van der Waals surface area contributed by atoms with E-state index in [9.17, 15) is 0 Å². The van der Waals surface area contributed by atoms with E-state index in [0.717, 1.165) is 32.1 Å². The molecule has 2 aliphatic rings. The third kappa shape index (κ3) is 5.81. The first-order valence-corrected chi connectivity index (χ1v) is 9.89. The van der Waals surface area contributed by atoms with Crippen molar-refractivity contribution in [3.8, 4) is 0 Å². The van der Waals surface area contributed by atoms with Crippen molar-refractivity contribution in [2.45, 2.75) is 31.8 Å². The molecule has 1 aromatic rings. The Morgan fingerprint density at radius 3 is 2.62 bits per heavy atom. The molecule has 2 fully saturated rings. The predicted octanol–water partition coefficient (Wildman–Crippen LogP) is 3.02. The number of halogens is 1. The maximum absolute atomic E-state index is 6.21. The van der Waals surface area contributed by atoms with E-state index in [1.807, 2.05) is 11.8 Å². The highest BCUT2D eigenvalue weighted by Crippen LogP contribution is 2.20. The van der Waals surface area contributed by atoms with Gasteiger partial charge in [0.25, 0.3) is 0 Å². The van der Waals surface area contributed by atoms with Crippen LogP contribution in [0.1, 0.15) is 24.8 Å². The van der Waals surface area contributed by atoms with Crippen LogP contribution in [0.15, 0.2) is 35.3 Å². The van der Waals surface area contributed by atoms with E-state index in [4.69, 9.17) is 10.7 Å². The third-order valence-corrected chi connectivity index (χ3v) is 5.72. The molecule has 0 spiro atoms. The SMILES string of the molecule is I.NC(=NCC1CCCCN1Cc1ccccc1)N1CCSCC1. The Morgan fingerprint density at radius 2 is 1.88 bits per heavy atom. The Labute approximate surface area is 167 Å². The second-order valence-electron chi connectivity index (χ2n) is 6.40. The first-order chi connectivity index (χ1) is 11.3. The van der Waals surface area contributed by atoms with E-state index in [1.165, 1.54) is 42.9 Å². The summed E-state index contributed by atoms with van der Waals surface area (Å²) in [5, 5.41) is 0. The standard InChI is InChI=1S/C18H28N4S.HI/c19-18(21-10-12-23-13-11-21)20-14-17-8-4-5-9-22(17)15-16-6-2-1-3-7-16;/h1-3,6-7,17H,4-5,8-15H2,(H2,19,20);1H. The predicted molar refractivity (Wildman–Crippen MR) is 115 cm³/mol. The highest BCUT2D eigenvalue weighted by Gasteiger charge is 2.22. The molecule has 0 bridgehead atoms. The molecule has 2 N–H and O–H groups in total. The number of likely N-dealkylation sites (tertiary alicyclic amines) is 1. The van der Waals surface area contributed by atoms with Gasteiger partial charge in [0.15, 0.2) is 5.96 Å². The van der Waals surface area contributed by atoms with Crippen molar-refractivity contribution in [2.75, 3.05) is 37.7 Å². The largest absolute Gasteiger partial charge is 0.370 e. The molecule has 0 radical (unpaired) electrons. The summed E-state index contributed by atoms with van der Waals surface area (Å²) in [6.45, 7) is 5.12. The number of guanidine groups is 1. The average molecular weight is 460 g/mol. The number of nitrogens with zero attached hydrogens (tertiary/aromatic N) is 3. The topological polar surface area (TPSA) is 44.9 Å². The zero-order chi connectivity index (χ0) is 15.9. The average Bonchev–Trinajstić information content (AvgIpc) is 2.62. The number of hydrogen-bond donors (Lipinski definition) is 1. The molecule has 3 rings (SSSR count). The number of benzene rings is 1. The molecule has 0 aliphatic carbocycles. The van der Waals surface area contributed by atoms with E-state index < -0.39 is 0 Å². The molecule has 1 aromatic carbocycles. The van der Waals surface area contributed by atoms with E-state index in [0.29, 0.717) is 6.04 Å². The Bertz CT molecular complexity index is 505. The van der Waals surface area contributed by atoms with Crippen molar-refractivity contribution < 1.29 is 0 Å². The van der Waals surface area contributed by atoms with Crippen molar-refractivity contribution >= 4 is 41.7 Å². The van der Waals surface area contributed by atoms with Crippen LogP contribution >= 0.6 is 35.7 Å². The highest BCUT2D eigenvalue weighted by atomic mass is 127. The van der Waals surface area contributed by atoms with Crippen LogP contribution in [-0.4, -0.2) is 59.5 Å². The molecule has 1 atom stereocenters. The lowest BCUT2D eigenvalue weighted by atomic mass is 10.0. The lowest BCUT2D eigenvalue weighted by molar-refractivity contribution is 0.145. The molecule has 24 heavy (non-hydrogen) atoms. The van der Waals surface area contributed by atoms with Crippen LogP contribution in [0.5, 0.6) is 0 Å². The molecule has 0 amide bonds. The zero-order valence-corrected chi connectivity index (χ0v) is 17.4. The summed E-state index contributed by atoms with van der Waals surface area (Å²) >= 11 is 2.00. The Balaban J connectivity index is 0.00000208. The monoisotopic (exact) mass is 460 g/mol. The maximum Gasteiger partial charge on any atom is 0.191 e. The molecule has 0 saturated carbocycles. The molecule has 2 heterocycles. The second-order valence-corrected chi connectivity index (χ2v) is 7.63. The molecular weight excluding hydrogens is 431 g/mol. The van der Waals surface area contributed by atoms with Gasteiger partial charge in [-0.15, -0.1) is 24.0 Å². The second kappa shape index (κ2) is 10.5. The summed E-state index contributed by atoms with van der Waals surface area (Å²) in [6, 6.07) is 11.3. The van der Waals surface area contributed by atoms with Crippen molar-refractivity contribution in [1.29, 1.82) is 0 Å². The zero-order valence-electron chi connectivity index (χ0n) is 14.3. The van der Waals surface area contributed by atoms with E-state index in [1.54, 1.807) is 0 Å². The van der Waals surface area contributed by atoms with Crippen LogP contribution in [0.25, 0.3) is 0 Å². The van der Waals surface area contributed by atoms with Crippen molar-refractivity contribution in [3.05, 3.63) is 35.9 Å². The summed E-state index contributed by atoms with van der Waals surface area (Å²) in [4.78, 5) is 9.55. The van der Waals surface area contributed by atoms with Gasteiger partial charge in [-0.25, -0.2) is 0 Å². The van der Waals surface area contributed by atoms with E-state index in [2.05, 4.69) is 40.1 Å². The van der Waals surface area contributed by atoms with Gasteiger partial charge >= 0.3 is 0 Å². The van der Waals surface area contributed by atoms with Gasteiger partial charge in [0.2, 0.25) is 0 Å².